The van der Waals surface area contributed by atoms with Crippen LogP contribution in [0.4, 0.5) is 4.79 Å². The summed E-state index contributed by atoms with van der Waals surface area (Å²) in [6.45, 7) is 10.8. The van der Waals surface area contributed by atoms with Crippen molar-refractivity contribution in [2.75, 3.05) is 51.9 Å². The molecule has 2 saturated heterocycles. The summed E-state index contributed by atoms with van der Waals surface area (Å²) < 4.78 is 15.9. The summed E-state index contributed by atoms with van der Waals surface area (Å²) in [4.78, 5) is 59.0. The first-order chi connectivity index (χ1) is 27.7. The highest BCUT2D eigenvalue weighted by Crippen LogP contribution is 2.33. The summed E-state index contributed by atoms with van der Waals surface area (Å²) in [5.41, 5.74) is 6.01. The van der Waals surface area contributed by atoms with Gasteiger partial charge in [0.25, 0.3) is 0 Å². The van der Waals surface area contributed by atoms with Crippen LogP contribution in [0.5, 0.6) is 0 Å². The lowest BCUT2D eigenvalue weighted by Crippen LogP contribution is -2.36. The van der Waals surface area contributed by atoms with E-state index in [1.807, 2.05) is 25.6 Å². The van der Waals surface area contributed by atoms with Crippen molar-refractivity contribution in [3.63, 3.8) is 0 Å². The van der Waals surface area contributed by atoms with E-state index in [0.29, 0.717) is 94.4 Å². The molecule has 0 aromatic rings. The van der Waals surface area contributed by atoms with Gasteiger partial charge in [0, 0.05) is 82.5 Å². The predicted octanol–water partition coefficient (Wildman–Crippen LogP) is 7.76. The highest BCUT2D eigenvalue weighted by atomic mass is 32.2. The molecule has 4 atom stereocenters. The van der Waals surface area contributed by atoms with Crippen molar-refractivity contribution in [1.29, 1.82) is 0 Å². The molecule has 57 heavy (non-hydrogen) atoms. The number of hydrogen-bond acceptors (Lipinski definition) is 10. The number of amides is 3. The van der Waals surface area contributed by atoms with E-state index in [-0.39, 0.29) is 23.8 Å². The molecule has 332 valence electrons. The maximum atomic E-state index is 12.1. The number of nitrogens with one attached hydrogen (secondary N) is 3. The van der Waals surface area contributed by atoms with Gasteiger partial charge in [-0.2, -0.15) is 11.8 Å². The van der Waals surface area contributed by atoms with Crippen molar-refractivity contribution in [3.05, 3.63) is 0 Å². The van der Waals surface area contributed by atoms with E-state index < -0.39 is 6.04 Å². The van der Waals surface area contributed by atoms with Gasteiger partial charge in [0.1, 0.15) is 17.3 Å². The third kappa shape index (κ3) is 29.7. The van der Waals surface area contributed by atoms with Gasteiger partial charge in [-0.05, 0) is 90.9 Å². The van der Waals surface area contributed by atoms with E-state index in [1.54, 1.807) is 0 Å². The summed E-state index contributed by atoms with van der Waals surface area (Å²) in [5, 5.41) is 9.43. The zero-order valence-corrected chi connectivity index (χ0v) is 37.0. The highest BCUT2D eigenvalue weighted by molar-refractivity contribution is 8.00. The minimum atomic E-state index is -0.409. The number of fused-ring (bicyclic) bond motifs is 1. The standard InChI is InChI=1S/C28H54N2O5.C16H28N2O3S/c1-3-5-6-9-16-25(31)17-10-7-8-11-20-28(33)30-21-14-12-18-26(29)27(32)19-13-15-22-35-24-23-34-4-2;1-2-21-10-6-5-8-12(19)7-3-4-9-14-15-13(11-22-14)17-16(20)18-15/h26H,3-24,29H2,1-2H3,(H,30,33);13-15H,2-11H2,1H3,(H2,17,18,20)/t26-;13-,14-,15-/m00/s1. The van der Waals surface area contributed by atoms with Crippen molar-refractivity contribution < 1.29 is 38.2 Å². The number of rotatable bonds is 38. The topological polar surface area (TPSA) is 175 Å². The number of carbonyl (C=O) groups is 5. The van der Waals surface area contributed by atoms with Gasteiger partial charge >= 0.3 is 6.03 Å². The molecule has 0 saturated carbocycles. The highest BCUT2D eigenvalue weighted by Gasteiger charge is 2.42. The van der Waals surface area contributed by atoms with E-state index in [1.165, 1.54) is 12.8 Å². The maximum Gasteiger partial charge on any atom is 0.315 e. The fourth-order valence-electron chi connectivity index (χ4n) is 6.96. The van der Waals surface area contributed by atoms with Crippen LogP contribution in [0.3, 0.4) is 0 Å². The molecular weight excluding hydrogens is 745 g/mol. The minimum absolute atomic E-state index is 0.0254. The van der Waals surface area contributed by atoms with Crippen molar-refractivity contribution in [1.82, 2.24) is 16.0 Å². The zero-order chi connectivity index (χ0) is 41.8. The van der Waals surface area contributed by atoms with E-state index in [4.69, 9.17) is 19.9 Å². The van der Waals surface area contributed by atoms with E-state index in [2.05, 4.69) is 22.9 Å². The number of nitrogens with two attached hydrogens (primary N) is 1. The number of hydrogen-bond donors (Lipinski definition) is 4. The number of carbonyl (C=O) groups excluding carboxylic acids is 5. The monoisotopic (exact) mass is 827 g/mol. The maximum absolute atomic E-state index is 12.1. The fraction of sp³-hybridized carbons (Fsp3) is 0.886. The van der Waals surface area contributed by atoms with Gasteiger partial charge in [-0.3, -0.25) is 19.2 Å². The Kier molecular flexibility index (Phi) is 34.4. The quantitative estimate of drug-likeness (QED) is 0.0356. The second-order valence-corrected chi connectivity index (χ2v) is 16.8. The first-order valence-corrected chi connectivity index (χ1v) is 23.8. The normalized spacial score (nSPS) is 17.6. The lowest BCUT2D eigenvalue weighted by Gasteiger charge is -2.16. The Morgan fingerprint density at radius 1 is 0.667 bits per heavy atom. The second kappa shape index (κ2) is 37.0. The Balaban J connectivity index is 0.000000628. The van der Waals surface area contributed by atoms with Crippen LogP contribution in [-0.4, -0.2) is 105 Å². The predicted molar refractivity (Wildman–Crippen MR) is 232 cm³/mol. The Labute approximate surface area is 350 Å². The van der Waals surface area contributed by atoms with Crippen LogP contribution >= 0.6 is 11.8 Å². The number of Topliss-reactive ketones (excluding diaryl/α,β-unsaturated/α-hetero) is 3. The van der Waals surface area contributed by atoms with Gasteiger partial charge in [-0.15, -0.1) is 0 Å². The largest absolute Gasteiger partial charge is 0.382 e. The number of unbranched alkanes of at least 4 members (excludes halogenated alkanes) is 10. The lowest BCUT2D eigenvalue weighted by molar-refractivity contribution is -0.122. The molecule has 12 nitrogen and oxygen atoms in total. The first-order valence-electron chi connectivity index (χ1n) is 22.7. The molecule has 0 aliphatic carbocycles. The molecule has 2 aliphatic rings. The molecule has 0 radical (unpaired) electrons. The Bertz CT molecular complexity index is 1070. The van der Waals surface area contributed by atoms with E-state index in [9.17, 15) is 24.0 Å². The van der Waals surface area contributed by atoms with Gasteiger partial charge in [0.2, 0.25) is 5.91 Å². The molecule has 2 heterocycles. The Hall–Kier alpha value is -2.06. The molecule has 0 aromatic heterocycles. The average molecular weight is 827 g/mol. The lowest BCUT2D eigenvalue weighted by atomic mass is 10.0. The number of thioether (sulfide) groups is 1. The van der Waals surface area contributed by atoms with Gasteiger partial charge in [0.15, 0.2) is 0 Å². The van der Waals surface area contributed by atoms with Crippen molar-refractivity contribution in [2.45, 2.75) is 198 Å². The molecule has 3 amide bonds. The van der Waals surface area contributed by atoms with Crippen LogP contribution in [0.2, 0.25) is 0 Å². The zero-order valence-electron chi connectivity index (χ0n) is 36.2. The van der Waals surface area contributed by atoms with Gasteiger partial charge in [-0.1, -0.05) is 45.4 Å². The molecule has 2 fully saturated rings. The molecule has 2 aliphatic heterocycles. The Morgan fingerprint density at radius 3 is 1.89 bits per heavy atom. The van der Waals surface area contributed by atoms with Crippen LogP contribution < -0.4 is 21.7 Å². The summed E-state index contributed by atoms with van der Waals surface area (Å²) in [7, 11) is 0. The van der Waals surface area contributed by atoms with Crippen molar-refractivity contribution in [3.8, 4) is 0 Å². The average Bonchev–Trinajstić information content (AvgIpc) is 3.76. The van der Waals surface area contributed by atoms with E-state index in [0.717, 1.165) is 122 Å². The molecule has 0 aromatic carbocycles. The van der Waals surface area contributed by atoms with Crippen molar-refractivity contribution in [2.24, 2.45) is 5.73 Å². The van der Waals surface area contributed by atoms with Gasteiger partial charge in [0.05, 0.1) is 31.3 Å². The molecular formula is C44H82N4O8S. The summed E-state index contributed by atoms with van der Waals surface area (Å²) in [6, 6.07) is 0.150. The van der Waals surface area contributed by atoms with Gasteiger partial charge < -0.3 is 35.9 Å². The third-order valence-corrected chi connectivity index (χ3v) is 12.0. The van der Waals surface area contributed by atoms with Crippen molar-refractivity contribution >= 4 is 41.0 Å². The molecule has 0 spiro atoms. The fourth-order valence-corrected chi connectivity index (χ4v) is 8.50. The van der Waals surface area contributed by atoms with Crippen LogP contribution in [0.1, 0.15) is 175 Å². The van der Waals surface area contributed by atoms with Crippen LogP contribution in [0.15, 0.2) is 0 Å². The first kappa shape index (κ1) is 53.0. The summed E-state index contributed by atoms with van der Waals surface area (Å²) in [6.07, 6.45) is 21.3. The van der Waals surface area contributed by atoms with Gasteiger partial charge in [-0.25, -0.2) is 4.79 Å². The van der Waals surface area contributed by atoms with Crippen LogP contribution in [0.25, 0.3) is 0 Å². The summed E-state index contributed by atoms with van der Waals surface area (Å²) >= 11 is 1.94. The number of ether oxygens (including phenoxy) is 3. The molecule has 2 rings (SSSR count). The summed E-state index contributed by atoms with van der Waals surface area (Å²) in [5.74, 6) is 1.97. The SMILES string of the molecule is CCCCCCC(=O)CCCCCCC(=O)NCCCC[C@H](N)C(=O)CCCCOCCOCC.CCOCCCCC(=O)CCCC[C@@H]1SC[C@@H]2NC(=O)N[C@@H]21. The van der Waals surface area contributed by atoms with Crippen LogP contribution in [0, 0.1) is 0 Å². The molecule has 0 unspecified atom stereocenters. The number of urea groups is 1. The third-order valence-electron chi connectivity index (χ3n) is 10.5. The molecule has 0 bridgehead atoms. The molecule has 13 heteroatoms. The molecule has 5 N–H and O–H groups in total. The van der Waals surface area contributed by atoms with Crippen LogP contribution in [-0.2, 0) is 33.4 Å². The Morgan fingerprint density at radius 2 is 1.23 bits per heavy atom. The smallest absolute Gasteiger partial charge is 0.315 e. The minimum Gasteiger partial charge on any atom is -0.382 e. The van der Waals surface area contributed by atoms with E-state index >= 15 is 0 Å². The second-order valence-electron chi connectivity index (χ2n) is 15.5. The number of ketones is 3.